The molecule has 0 N–H and O–H groups in total. The fourth-order valence-corrected chi connectivity index (χ4v) is 2.24. The fraction of sp³-hybridized carbons (Fsp3) is 0.538. The standard InChI is InChI=1S/C13H19N3O3/c1-14-7-4-11(10-14)12(17)15-5-3-6-16(9-8-15)13(18)19-2/h4,7,10H,3,5-6,8-9H2,1-2H3. The van der Waals surface area contributed by atoms with Gasteiger partial charge in [0.15, 0.2) is 0 Å². The monoisotopic (exact) mass is 265 g/mol. The van der Waals surface area contributed by atoms with E-state index >= 15 is 0 Å². The number of ether oxygens (including phenoxy) is 1. The van der Waals surface area contributed by atoms with Gasteiger partial charge in [-0.15, -0.1) is 0 Å². The first kappa shape index (κ1) is 13.5. The van der Waals surface area contributed by atoms with E-state index in [1.807, 2.05) is 30.1 Å². The average molecular weight is 265 g/mol. The normalized spacial score (nSPS) is 16.1. The molecule has 0 aliphatic carbocycles. The summed E-state index contributed by atoms with van der Waals surface area (Å²) >= 11 is 0. The van der Waals surface area contributed by atoms with Crippen molar-refractivity contribution in [3.8, 4) is 0 Å². The summed E-state index contributed by atoms with van der Waals surface area (Å²) in [6.07, 6.45) is 4.11. The average Bonchev–Trinajstić information content (AvgIpc) is 2.71. The van der Waals surface area contributed by atoms with Crippen molar-refractivity contribution in [3.05, 3.63) is 24.0 Å². The van der Waals surface area contributed by atoms with Crippen molar-refractivity contribution in [1.29, 1.82) is 0 Å². The van der Waals surface area contributed by atoms with E-state index < -0.39 is 0 Å². The van der Waals surface area contributed by atoms with Crippen LogP contribution in [0.4, 0.5) is 4.79 Å². The third kappa shape index (κ3) is 3.07. The van der Waals surface area contributed by atoms with E-state index in [1.54, 1.807) is 9.80 Å². The van der Waals surface area contributed by atoms with Gasteiger partial charge in [-0.1, -0.05) is 0 Å². The molecule has 1 aromatic rings. The maximum Gasteiger partial charge on any atom is 0.409 e. The molecular weight excluding hydrogens is 246 g/mol. The van der Waals surface area contributed by atoms with Gasteiger partial charge in [-0.05, 0) is 12.5 Å². The first-order valence-corrected chi connectivity index (χ1v) is 6.36. The first-order chi connectivity index (χ1) is 9.11. The van der Waals surface area contributed by atoms with Crippen molar-refractivity contribution in [2.24, 2.45) is 7.05 Å². The van der Waals surface area contributed by atoms with Crippen molar-refractivity contribution in [3.63, 3.8) is 0 Å². The van der Waals surface area contributed by atoms with E-state index in [0.717, 1.165) is 6.42 Å². The Labute approximate surface area is 112 Å². The third-order valence-electron chi connectivity index (χ3n) is 3.29. The molecule has 2 rings (SSSR count). The third-order valence-corrected chi connectivity index (χ3v) is 3.29. The van der Waals surface area contributed by atoms with Gasteiger partial charge in [-0.2, -0.15) is 0 Å². The molecule has 1 aliphatic heterocycles. The lowest BCUT2D eigenvalue weighted by Crippen LogP contribution is -2.37. The summed E-state index contributed by atoms with van der Waals surface area (Å²) in [6, 6.07) is 1.81. The number of carbonyl (C=O) groups excluding carboxylic acids is 2. The van der Waals surface area contributed by atoms with Crippen LogP contribution in [0.2, 0.25) is 0 Å². The lowest BCUT2D eigenvalue weighted by molar-refractivity contribution is 0.0757. The first-order valence-electron chi connectivity index (χ1n) is 6.36. The lowest BCUT2D eigenvalue weighted by Gasteiger charge is -2.21. The lowest BCUT2D eigenvalue weighted by atomic mass is 10.3. The topological polar surface area (TPSA) is 54.8 Å². The van der Waals surface area contributed by atoms with Crippen molar-refractivity contribution in [2.75, 3.05) is 33.3 Å². The number of hydrogen-bond donors (Lipinski definition) is 0. The minimum atomic E-state index is -0.325. The molecule has 0 saturated carbocycles. The number of methoxy groups -OCH3 is 1. The van der Waals surface area contributed by atoms with Crippen LogP contribution in [0, 0.1) is 0 Å². The van der Waals surface area contributed by atoms with Crippen LogP contribution in [0.1, 0.15) is 16.8 Å². The Kier molecular flexibility index (Phi) is 4.09. The van der Waals surface area contributed by atoms with Crippen molar-refractivity contribution in [2.45, 2.75) is 6.42 Å². The van der Waals surface area contributed by atoms with Gasteiger partial charge in [-0.3, -0.25) is 4.79 Å². The van der Waals surface area contributed by atoms with Crippen LogP contribution in [0.25, 0.3) is 0 Å². The van der Waals surface area contributed by atoms with Crippen molar-refractivity contribution >= 4 is 12.0 Å². The molecule has 19 heavy (non-hydrogen) atoms. The van der Waals surface area contributed by atoms with Crippen LogP contribution in [-0.4, -0.2) is 59.7 Å². The molecule has 1 saturated heterocycles. The van der Waals surface area contributed by atoms with E-state index in [4.69, 9.17) is 4.74 Å². The van der Waals surface area contributed by atoms with E-state index in [2.05, 4.69) is 0 Å². The Morgan fingerprint density at radius 1 is 1.16 bits per heavy atom. The molecule has 6 heteroatoms. The summed E-state index contributed by atoms with van der Waals surface area (Å²) < 4.78 is 6.56. The Balaban J connectivity index is 1.99. The largest absolute Gasteiger partial charge is 0.453 e. The number of aromatic nitrogens is 1. The molecule has 0 spiro atoms. The molecular formula is C13H19N3O3. The van der Waals surface area contributed by atoms with Crippen LogP contribution in [0.5, 0.6) is 0 Å². The highest BCUT2D eigenvalue weighted by molar-refractivity contribution is 5.94. The van der Waals surface area contributed by atoms with Crippen molar-refractivity contribution in [1.82, 2.24) is 14.4 Å². The minimum absolute atomic E-state index is 0.0207. The minimum Gasteiger partial charge on any atom is -0.453 e. The predicted octanol–water partition coefficient (Wildman–Crippen LogP) is 0.939. The van der Waals surface area contributed by atoms with E-state index in [0.29, 0.717) is 31.7 Å². The second kappa shape index (κ2) is 5.77. The van der Waals surface area contributed by atoms with Gasteiger partial charge in [0, 0.05) is 45.6 Å². The SMILES string of the molecule is COC(=O)N1CCCN(C(=O)c2ccn(C)c2)CC1. The number of aryl methyl sites for hydroxylation is 1. The molecule has 0 unspecified atom stereocenters. The van der Waals surface area contributed by atoms with Gasteiger partial charge in [0.25, 0.3) is 5.91 Å². The maximum atomic E-state index is 12.3. The van der Waals surface area contributed by atoms with Crippen molar-refractivity contribution < 1.29 is 14.3 Å². The van der Waals surface area contributed by atoms with Crippen LogP contribution < -0.4 is 0 Å². The summed E-state index contributed by atoms with van der Waals surface area (Å²) in [5.74, 6) is 0.0207. The summed E-state index contributed by atoms with van der Waals surface area (Å²) in [5.41, 5.74) is 0.689. The summed E-state index contributed by atoms with van der Waals surface area (Å²) in [5, 5.41) is 0. The molecule has 104 valence electrons. The molecule has 1 aromatic heterocycles. The van der Waals surface area contributed by atoms with Crippen LogP contribution >= 0.6 is 0 Å². The van der Waals surface area contributed by atoms with Gasteiger partial charge >= 0.3 is 6.09 Å². The van der Waals surface area contributed by atoms with Gasteiger partial charge in [0.05, 0.1) is 12.7 Å². The summed E-state index contributed by atoms with van der Waals surface area (Å²) in [4.78, 5) is 27.2. The highest BCUT2D eigenvalue weighted by atomic mass is 16.5. The molecule has 0 bridgehead atoms. The van der Waals surface area contributed by atoms with E-state index in [1.165, 1.54) is 7.11 Å². The second-order valence-corrected chi connectivity index (χ2v) is 4.67. The highest BCUT2D eigenvalue weighted by Gasteiger charge is 2.23. The zero-order valence-corrected chi connectivity index (χ0v) is 11.3. The summed E-state index contributed by atoms with van der Waals surface area (Å²) in [7, 11) is 3.26. The number of carbonyl (C=O) groups is 2. The molecule has 2 heterocycles. The van der Waals surface area contributed by atoms with Gasteiger partial charge in [-0.25, -0.2) is 4.79 Å². The Morgan fingerprint density at radius 3 is 2.47 bits per heavy atom. The zero-order valence-electron chi connectivity index (χ0n) is 11.3. The maximum absolute atomic E-state index is 12.3. The van der Waals surface area contributed by atoms with Gasteiger partial charge in [0.2, 0.25) is 0 Å². The fourth-order valence-electron chi connectivity index (χ4n) is 2.24. The number of nitrogens with zero attached hydrogens (tertiary/aromatic N) is 3. The number of hydrogen-bond acceptors (Lipinski definition) is 3. The summed E-state index contributed by atoms with van der Waals surface area (Å²) in [6.45, 7) is 2.36. The van der Waals surface area contributed by atoms with Crippen LogP contribution in [0.3, 0.4) is 0 Å². The Morgan fingerprint density at radius 2 is 1.84 bits per heavy atom. The quantitative estimate of drug-likeness (QED) is 0.759. The number of amides is 2. The molecule has 6 nitrogen and oxygen atoms in total. The smallest absolute Gasteiger partial charge is 0.409 e. The molecule has 0 radical (unpaired) electrons. The van der Waals surface area contributed by atoms with Crippen LogP contribution in [-0.2, 0) is 11.8 Å². The van der Waals surface area contributed by atoms with Gasteiger partial charge < -0.3 is 19.1 Å². The second-order valence-electron chi connectivity index (χ2n) is 4.67. The predicted molar refractivity (Wildman–Crippen MR) is 69.9 cm³/mol. The molecule has 0 atom stereocenters. The number of rotatable bonds is 1. The Hall–Kier alpha value is -1.98. The van der Waals surface area contributed by atoms with E-state index in [9.17, 15) is 9.59 Å². The zero-order chi connectivity index (χ0) is 13.8. The van der Waals surface area contributed by atoms with Gasteiger partial charge in [0.1, 0.15) is 0 Å². The molecule has 2 amide bonds. The van der Waals surface area contributed by atoms with Crippen LogP contribution in [0.15, 0.2) is 18.5 Å². The molecule has 1 fully saturated rings. The van der Waals surface area contributed by atoms with E-state index in [-0.39, 0.29) is 12.0 Å². The highest BCUT2D eigenvalue weighted by Crippen LogP contribution is 2.10. The molecule has 0 aromatic carbocycles. The Bertz CT molecular complexity index is 469. The molecule has 1 aliphatic rings.